The number of carbonyl (C=O) groups excluding carboxylic acids is 4. The molecule has 3 aliphatic heterocycles. The van der Waals surface area contributed by atoms with Crippen LogP contribution in [0.2, 0.25) is 5.02 Å². The lowest BCUT2D eigenvalue weighted by Gasteiger charge is -2.41. The number of aromatic nitrogens is 1. The van der Waals surface area contributed by atoms with Crippen molar-refractivity contribution in [3.63, 3.8) is 0 Å². The van der Waals surface area contributed by atoms with Crippen LogP contribution in [0.15, 0.2) is 66.3 Å². The van der Waals surface area contributed by atoms with Crippen molar-refractivity contribution in [3.05, 3.63) is 88.0 Å². The second-order valence-corrected chi connectivity index (χ2v) is 16.3. The molecule has 0 unspecified atom stereocenters. The predicted octanol–water partition coefficient (Wildman–Crippen LogP) is 5.51. The lowest BCUT2D eigenvalue weighted by atomic mass is 9.78. The summed E-state index contributed by atoms with van der Waals surface area (Å²) < 4.78 is 24.0. The van der Waals surface area contributed by atoms with Crippen molar-refractivity contribution in [1.29, 1.82) is 0 Å². The predicted molar refractivity (Wildman–Crippen MR) is 216 cm³/mol. The van der Waals surface area contributed by atoms with Gasteiger partial charge in [-0.3, -0.25) is 14.4 Å². The highest BCUT2D eigenvalue weighted by atomic mass is 35.5. The molecule has 3 N–H and O–H groups in total. The molecule has 13 nitrogen and oxygen atoms in total. The number of anilines is 2. The van der Waals surface area contributed by atoms with Crippen LogP contribution >= 0.6 is 11.6 Å². The van der Waals surface area contributed by atoms with E-state index in [0.717, 1.165) is 16.7 Å². The number of benzene rings is 2. The van der Waals surface area contributed by atoms with Crippen LogP contribution in [-0.4, -0.2) is 102 Å². The number of carbonyl (C=O) groups is 4. The Morgan fingerprint density at radius 3 is 2.61 bits per heavy atom. The minimum Gasteiger partial charge on any atom is -0.462 e. The van der Waals surface area contributed by atoms with Gasteiger partial charge in [0, 0.05) is 44.5 Å². The van der Waals surface area contributed by atoms with Crippen LogP contribution in [0.4, 0.5) is 11.5 Å². The van der Waals surface area contributed by atoms with Gasteiger partial charge in [-0.1, -0.05) is 48.4 Å². The molecule has 3 aliphatic rings. The Kier molecular flexibility index (Phi) is 11.9. The number of ether oxygens (including phenoxy) is 4. The van der Waals surface area contributed by atoms with Gasteiger partial charge in [0.15, 0.2) is 0 Å². The molecule has 0 saturated carbocycles. The Morgan fingerprint density at radius 2 is 1.89 bits per heavy atom. The first-order valence-electron chi connectivity index (χ1n) is 19.0. The molecule has 4 bridgehead atoms. The second-order valence-electron chi connectivity index (χ2n) is 15.9. The van der Waals surface area contributed by atoms with E-state index < -0.39 is 71.3 Å². The molecular weight excluding hydrogens is 752 g/mol. The number of allylic oxidation sites excluding steroid dienone is 3. The third-order valence-corrected chi connectivity index (χ3v) is 12.2. The fourth-order valence-corrected chi connectivity index (χ4v) is 8.18. The van der Waals surface area contributed by atoms with Gasteiger partial charge in [0.25, 0.3) is 5.91 Å². The van der Waals surface area contributed by atoms with E-state index in [1.54, 1.807) is 63.4 Å². The molecule has 2 amide bonds. The van der Waals surface area contributed by atoms with Gasteiger partial charge in [-0.2, -0.15) is 0 Å². The molecule has 0 radical (unpaired) electrons. The van der Waals surface area contributed by atoms with Crippen molar-refractivity contribution in [2.24, 2.45) is 5.92 Å². The van der Waals surface area contributed by atoms with Crippen LogP contribution in [0.3, 0.4) is 0 Å². The van der Waals surface area contributed by atoms with Crippen molar-refractivity contribution >= 4 is 57.8 Å². The van der Waals surface area contributed by atoms with E-state index in [4.69, 9.17) is 36.3 Å². The number of rotatable bonds is 5. The van der Waals surface area contributed by atoms with Crippen LogP contribution in [0.25, 0.3) is 10.9 Å². The topological polar surface area (TPSA) is 174 Å². The van der Waals surface area contributed by atoms with Crippen molar-refractivity contribution in [1.82, 2.24) is 9.88 Å². The summed E-state index contributed by atoms with van der Waals surface area (Å²) in [6.07, 6.45) is 2.06. The fourth-order valence-electron chi connectivity index (χ4n) is 7.95. The quantitative estimate of drug-likeness (QED) is 0.246. The number of hydrogen-bond donors (Lipinski definition) is 2. The molecule has 14 heteroatoms. The summed E-state index contributed by atoms with van der Waals surface area (Å²) >= 11 is 6.81. The zero-order valence-electron chi connectivity index (χ0n) is 33.6. The molecule has 3 aromatic rings. The Morgan fingerprint density at radius 1 is 1.16 bits per heavy atom. The number of aryl methyl sites for hydroxylation is 1. The normalized spacial score (nSPS) is 30.0. The third-order valence-electron chi connectivity index (χ3n) is 11.7. The molecular formula is C43H51ClN4O9. The van der Waals surface area contributed by atoms with Crippen LogP contribution in [0.5, 0.6) is 0 Å². The molecule has 2 saturated heterocycles. The fraction of sp³-hybridized carbons (Fsp3) is 0.465. The van der Waals surface area contributed by atoms with E-state index in [9.17, 15) is 24.3 Å². The summed E-state index contributed by atoms with van der Waals surface area (Å²) in [6.45, 7) is 8.94. The van der Waals surface area contributed by atoms with Crippen molar-refractivity contribution < 1.29 is 43.2 Å². The van der Waals surface area contributed by atoms with Gasteiger partial charge in [-0.25, -0.2) is 9.78 Å². The summed E-state index contributed by atoms with van der Waals surface area (Å²) in [5.74, 6) is -2.32. The van der Waals surface area contributed by atoms with Gasteiger partial charge >= 0.3 is 11.9 Å². The van der Waals surface area contributed by atoms with E-state index in [-0.39, 0.29) is 19.3 Å². The highest BCUT2D eigenvalue weighted by Crippen LogP contribution is 2.49. The maximum atomic E-state index is 14.2. The van der Waals surface area contributed by atoms with Gasteiger partial charge in [0.05, 0.1) is 35.2 Å². The molecule has 8 atom stereocenters. The number of methoxy groups -OCH3 is 1. The molecule has 4 heterocycles. The number of nitrogens with zero attached hydrogens (tertiary/aromatic N) is 3. The first-order chi connectivity index (χ1) is 26.8. The van der Waals surface area contributed by atoms with Gasteiger partial charge in [-0.05, 0) is 81.6 Å². The molecule has 2 fully saturated rings. The van der Waals surface area contributed by atoms with Crippen LogP contribution < -0.4 is 10.6 Å². The van der Waals surface area contributed by atoms with E-state index in [1.165, 1.54) is 24.0 Å². The Hall–Kier alpha value is -4.82. The Labute approximate surface area is 337 Å². The lowest BCUT2D eigenvalue weighted by Crippen LogP contribution is -2.53. The number of fused-ring (bicyclic) bond motifs is 6. The Balaban J connectivity index is 1.32. The van der Waals surface area contributed by atoms with Gasteiger partial charge in [0.1, 0.15) is 41.4 Å². The number of nitrogen functional groups attached to an aromatic ring is 1. The zero-order chi connectivity index (χ0) is 41.6. The summed E-state index contributed by atoms with van der Waals surface area (Å²) in [5.41, 5.74) is 7.14. The van der Waals surface area contributed by atoms with E-state index in [1.807, 2.05) is 39.0 Å². The van der Waals surface area contributed by atoms with E-state index in [0.29, 0.717) is 39.4 Å². The van der Waals surface area contributed by atoms with Gasteiger partial charge in [-0.15, -0.1) is 0 Å². The number of hydrogen-bond acceptors (Lipinski definition) is 11. The number of epoxide rings is 1. The number of nitrogens with two attached hydrogens (primary N) is 1. The Bertz CT molecular complexity index is 2160. The molecule has 0 spiro atoms. The maximum absolute atomic E-state index is 14.2. The smallest absolute Gasteiger partial charge is 0.328 e. The number of amides is 2. The van der Waals surface area contributed by atoms with Crippen LogP contribution in [0, 0.1) is 12.8 Å². The highest BCUT2D eigenvalue weighted by molar-refractivity contribution is 6.34. The highest BCUT2D eigenvalue weighted by Gasteiger charge is 2.64. The summed E-state index contributed by atoms with van der Waals surface area (Å²) in [6, 6.07) is 11.1. The largest absolute Gasteiger partial charge is 0.462 e. The molecule has 6 rings (SSSR count). The van der Waals surface area contributed by atoms with Crippen LogP contribution in [-0.2, 0) is 39.8 Å². The number of likely N-dealkylation sites (N-methyl/N-ethyl adjacent to an activating group) is 1. The molecule has 1 aromatic heterocycles. The molecule has 0 aliphatic carbocycles. The minimum absolute atomic E-state index is 0.0548. The summed E-state index contributed by atoms with van der Waals surface area (Å²) in [5, 5.41) is 13.0. The van der Waals surface area contributed by atoms with E-state index in [2.05, 4.69) is 4.98 Å². The SMILES string of the molecule is CO[C@@H]1/C=C/C=C(\C)Cc2cc(C)c(Cl)c(c2)N(C)C(=O)C[C@H](OC(=O)[C@H](C)N(C)C(=O)c2ccc3nc(N)ccc3c2)[C@]2(C)O[C@H]2[C@H](C)[C@@H]2C[C@@]1(O)CC(=O)O2. The molecule has 304 valence electrons. The van der Waals surface area contributed by atoms with Gasteiger partial charge < -0.3 is 39.6 Å². The first kappa shape index (κ1) is 41.8. The number of esters is 2. The minimum atomic E-state index is -1.58. The zero-order valence-corrected chi connectivity index (χ0v) is 34.3. The standard InChI is InChI=1S/C43H51ClN4O9/c1-23-10-9-11-33(54-8)43(53)21-32(55-37(50)22-43)25(3)39-42(5,57-39)34(20-36(49)48(7)31-18-27(16-23)17-24(2)38(31)44)56-41(52)26(4)47(6)40(51)29-12-14-30-28(19-29)13-15-35(45)46-30/h9-15,17-19,25-26,32-34,39,53H,16,20-22H2,1-8H3,(H2,45,46)/b11-9+,23-10+/t25-,26+,32+,33-,34+,39+,42+,43-/m1/s1. The van der Waals surface area contributed by atoms with Crippen molar-refractivity contribution in [2.75, 3.05) is 31.8 Å². The number of aliphatic hydroxyl groups is 1. The van der Waals surface area contributed by atoms with E-state index >= 15 is 0 Å². The van der Waals surface area contributed by atoms with Crippen molar-refractivity contribution in [2.45, 2.75) is 102 Å². The number of halogens is 1. The average molecular weight is 803 g/mol. The van der Waals surface area contributed by atoms with Crippen molar-refractivity contribution in [3.8, 4) is 0 Å². The second kappa shape index (κ2) is 16.2. The van der Waals surface area contributed by atoms with Crippen LogP contribution in [0.1, 0.15) is 68.4 Å². The maximum Gasteiger partial charge on any atom is 0.328 e. The lowest BCUT2D eigenvalue weighted by molar-refractivity contribution is -0.187. The monoisotopic (exact) mass is 802 g/mol. The number of pyridine rings is 1. The first-order valence-corrected chi connectivity index (χ1v) is 19.4. The molecule has 57 heavy (non-hydrogen) atoms. The summed E-state index contributed by atoms with van der Waals surface area (Å²) in [4.78, 5) is 61.9. The average Bonchev–Trinajstić information content (AvgIpc) is 3.86. The third kappa shape index (κ3) is 8.57. The molecule has 2 aromatic carbocycles. The summed E-state index contributed by atoms with van der Waals surface area (Å²) in [7, 11) is 4.59. The van der Waals surface area contributed by atoms with Gasteiger partial charge in [0.2, 0.25) is 5.91 Å².